The molecule has 0 amide bonds. The first-order valence-electron chi connectivity index (χ1n) is 10.6. The lowest BCUT2D eigenvalue weighted by Crippen LogP contribution is -2.12. The van der Waals surface area contributed by atoms with Crippen molar-refractivity contribution in [1.29, 1.82) is 0 Å². The summed E-state index contributed by atoms with van der Waals surface area (Å²) < 4.78 is 0. The summed E-state index contributed by atoms with van der Waals surface area (Å²) in [5, 5.41) is 0.860. The quantitative estimate of drug-likeness (QED) is 0.470. The van der Waals surface area contributed by atoms with Crippen LogP contribution in [0.3, 0.4) is 0 Å². The fourth-order valence-corrected chi connectivity index (χ4v) is 4.37. The molecule has 1 fully saturated rings. The molecule has 1 heteroatoms. The topological polar surface area (TPSA) is 0 Å². The van der Waals surface area contributed by atoms with Crippen LogP contribution in [-0.4, -0.2) is 0 Å². The van der Waals surface area contributed by atoms with Gasteiger partial charge in [-0.3, -0.25) is 0 Å². The Labute approximate surface area is 170 Å². The zero-order chi connectivity index (χ0) is 19.1. The van der Waals surface area contributed by atoms with E-state index in [4.69, 9.17) is 11.6 Å². The molecule has 0 atom stereocenters. The van der Waals surface area contributed by atoms with Gasteiger partial charge in [0.2, 0.25) is 0 Å². The van der Waals surface area contributed by atoms with Crippen molar-refractivity contribution in [3.8, 4) is 11.8 Å². The van der Waals surface area contributed by atoms with E-state index < -0.39 is 0 Å². The van der Waals surface area contributed by atoms with Crippen molar-refractivity contribution >= 4 is 11.6 Å². The largest absolute Gasteiger partial charge is 0.0945 e. The maximum Gasteiger partial charge on any atom is 0.0450 e. The molecule has 0 radical (unpaired) electrons. The Morgan fingerprint density at radius 2 is 1.59 bits per heavy atom. The number of hydrogen-bond donors (Lipinski definition) is 0. The molecule has 2 aromatic carbocycles. The summed E-state index contributed by atoms with van der Waals surface area (Å²) in [6, 6.07) is 15.6. The molecule has 0 spiro atoms. The molecule has 0 nitrogen and oxygen atoms in total. The summed E-state index contributed by atoms with van der Waals surface area (Å²) >= 11 is 6.38. The fraction of sp³-hybridized carbons (Fsp3) is 0.462. The summed E-state index contributed by atoms with van der Waals surface area (Å²) in [6.45, 7) is 4.42. The molecular weight excluding hydrogens is 348 g/mol. The third-order valence-electron chi connectivity index (χ3n) is 5.71. The van der Waals surface area contributed by atoms with E-state index in [0.717, 1.165) is 23.4 Å². The average molecular weight is 379 g/mol. The molecule has 0 saturated heterocycles. The fourth-order valence-electron chi connectivity index (χ4n) is 4.10. The number of aryl methyl sites for hydroxylation is 2. The monoisotopic (exact) mass is 378 g/mol. The van der Waals surface area contributed by atoms with Crippen molar-refractivity contribution in [2.45, 2.75) is 71.1 Å². The third-order valence-corrected chi connectivity index (χ3v) is 6.06. The van der Waals surface area contributed by atoms with Gasteiger partial charge in [0.1, 0.15) is 0 Å². The summed E-state index contributed by atoms with van der Waals surface area (Å²) in [7, 11) is 0. The summed E-state index contributed by atoms with van der Waals surface area (Å²) in [4.78, 5) is 0. The van der Waals surface area contributed by atoms with Gasteiger partial charge in [0.05, 0.1) is 0 Å². The van der Waals surface area contributed by atoms with E-state index in [1.807, 2.05) is 6.07 Å². The maximum atomic E-state index is 6.38. The normalized spacial score (nSPS) is 19.4. The smallest absolute Gasteiger partial charge is 0.0450 e. The van der Waals surface area contributed by atoms with Crippen LogP contribution in [0.5, 0.6) is 0 Å². The molecule has 1 saturated carbocycles. The van der Waals surface area contributed by atoms with Gasteiger partial charge in [0, 0.05) is 16.5 Å². The molecule has 0 unspecified atom stereocenters. The van der Waals surface area contributed by atoms with Gasteiger partial charge < -0.3 is 0 Å². The Morgan fingerprint density at radius 1 is 0.889 bits per heavy atom. The summed E-state index contributed by atoms with van der Waals surface area (Å²) in [5.74, 6) is 8.10. The van der Waals surface area contributed by atoms with E-state index in [0.29, 0.717) is 11.8 Å². The van der Waals surface area contributed by atoms with Crippen LogP contribution in [0.4, 0.5) is 0 Å². The first-order valence-corrected chi connectivity index (χ1v) is 11.0. The first-order chi connectivity index (χ1) is 13.2. The molecule has 1 aliphatic carbocycles. The molecule has 0 heterocycles. The van der Waals surface area contributed by atoms with E-state index in [-0.39, 0.29) is 0 Å². The highest BCUT2D eigenvalue weighted by Gasteiger charge is 2.21. The lowest BCUT2D eigenvalue weighted by atomic mass is 9.78. The molecule has 0 N–H and O–H groups in total. The van der Waals surface area contributed by atoms with Crippen LogP contribution < -0.4 is 0 Å². The maximum absolute atomic E-state index is 6.38. The Kier molecular flexibility index (Phi) is 7.42. The lowest BCUT2D eigenvalue weighted by molar-refractivity contribution is 0.384. The SMILES string of the molecule is CCCc1ccc(C2CCC(C#Cc3ccc(CCC)c(Cl)c3)CC2)cc1. The zero-order valence-electron chi connectivity index (χ0n) is 16.7. The second-order valence-electron chi connectivity index (χ2n) is 7.87. The Balaban J connectivity index is 1.55. The van der Waals surface area contributed by atoms with Crippen LogP contribution >= 0.6 is 11.6 Å². The van der Waals surface area contributed by atoms with Gasteiger partial charge in [0.15, 0.2) is 0 Å². The minimum Gasteiger partial charge on any atom is -0.0945 e. The predicted molar refractivity (Wildman–Crippen MR) is 117 cm³/mol. The van der Waals surface area contributed by atoms with Gasteiger partial charge in [0.25, 0.3) is 0 Å². The standard InChI is InChI=1S/C26H31Cl/c1-3-5-20-9-14-23(15-10-20)24-16-11-21(12-17-24)7-8-22-13-18-25(6-4-2)26(27)19-22/h9-10,13-15,18-19,21,24H,3-6,11-12,16-17H2,1-2H3. The highest BCUT2D eigenvalue weighted by atomic mass is 35.5. The molecule has 0 aromatic heterocycles. The van der Waals surface area contributed by atoms with Crippen LogP contribution in [0.1, 0.15) is 80.5 Å². The van der Waals surface area contributed by atoms with Crippen LogP contribution in [0.25, 0.3) is 0 Å². The van der Waals surface area contributed by atoms with Crippen LogP contribution in [0.2, 0.25) is 5.02 Å². The van der Waals surface area contributed by atoms with Crippen molar-refractivity contribution in [2.75, 3.05) is 0 Å². The number of rotatable bonds is 5. The van der Waals surface area contributed by atoms with Crippen molar-refractivity contribution in [2.24, 2.45) is 5.92 Å². The molecule has 2 aromatic rings. The van der Waals surface area contributed by atoms with Gasteiger partial charge in [-0.25, -0.2) is 0 Å². The van der Waals surface area contributed by atoms with Gasteiger partial charge in [-0.05, 0) is 73.3 Å². The average Bonchev–Trinajstić information content (AvgIpc) is 2.70. The van der Waals surface area contributed by atoms with Gasteiger partial charge >= 0.3 is 0 Å². The van der Waals surface area contributed by atoms with Crippen molar-refractivity contribution in [1.82, 2.24) is 0 Å². The zero-order valence-corrected chi connectivity index (χ0v) is 17.5. The van der Waals surface area contributed by atoms with E-state index in [1.165, 1.54) is 55.2 Å². The van der Waals surface area contributed by atoms with Crippen LogP contribution in [0.15, 0.2) is 42.5 Å². The third kappa shape index (κ3) is 5.63. The second-order valence-corrected chi connectivity index (χ2v) is 8.27. The minimum absolute atomic E-state index is 0.523. The van der Waals surface area contributed by atoms with E-state index in [9.17, 15) is 0 Å². The van der Waals surface area contributed by atoms with Crippen molar-refractivity contribution in [3.05, 3.63) is 69.7 Å². The van der Waals surface area contributed by atoms with Crippen LogP contribution in [-0.2, 0) is 12.8 Å². The summed E-state index contributed by atoms with van der Waals surface area (Å²) in [5.41, 5.74) is 5.26. The van der Waals surface area contributed by atoms with E-state index >= 15 is 0 Å². The molecule has 1 aliphatic rings. The molecule has 142 valence electrons. The molecular formula is C26H31Cl. The molecule has 3 rings (SSSR count). The van der Waals surface area contributed by atoms with E-state index in [2.05, 4.69) is 62.1 Å². The highest BCUT2D eigenvalue weighted by Crippen LogP contribution is 2.35. The van der Waals surface area contributed by atoms with Gasteiger partial charge in [-0.2, -0.15) is 0 Å². The Morgan fingerprint density at radius 3 is 2.22 bits per heavy atom. The molecule has 0 bridgehead atoms. The Bertz CT molecular complexity index is 783. The Hall–Kier alpha value is -1.71. The lowest BCUT2D eigenvalue weighted by Gasteiger charge is -2.26. The van der Waals surface area contributed by atoms with Crippen LogP contribution in [0, 0.1) is 17.8 Å². The second kappa shape index (κ2) is 10.0. The minimum atomic E-state index is 0.523. The van der Waals surface area contributed by atoms with Crippen molar-refractivity contribution < 1.29 is 0 Å². The summed E-state index contributed by atoms with van der Waals surface area (Å²) in [6.07, 6.45) is 9.48. The molecule has 27 heavy (non-hydrogen) atoms. The number of halogens is 1. The van der Waals surface area contributed by atoms with E-state index in [1.54, 1.807) is 0 Å². The predicted octanol–water partition coefficient (Wildman–Crippen LogP) is 7.57. The van der Waals surface area contributed by atoms with Gasteiger partial charge in [-0.15, -0.1) is 0 Å². The van der Waals surface area contributed by atoms with Crippen molar-refractivity contribution in [3.63, 3.8) is 0 Å². The molecule has 0 aliphatic heterocycles. The van der Waals surface area contributed by atoms with Gasteiger partial charge in [-0.1, -0.05) is 80.5 Å². The first kappa shape index (κ1) is 20.0. The highest BCUT2D eigenvalue weighted by molar-refractivity contribution is 6.31. The number of benzene rings is 2. The number of hydrogen-bond acceptors (Lipinski definition) is 0.